The Kier molecular flexibility index (Phi) is 6.07. The summed E-state index contributed by atoms with van der Waals surface area (Å²) in [4.78, 5) is 10.9. The van der Waals surface area contributed by atoms with E-state index in [0.717, 1.165) is 29.8 Å². The van der Waals surface area contributed by atoms with Crippen LogP contribution in [0.25, 0.3) is 10.8 Å². The number of nitrogens with one attached hydrogen (secondary N) is 2. The van der Waals surface area contributed by atoms with Crippen LogP contribution in [0.4, 0.5) is 5.13 Å². The standard InChI is InChI=1S/C20H25N5S/c1-21-19(23-13-17-14-26-20(24-17)25(2)3)22-12-11-16-9-6-8-15-7-4-5-10-18(15)16/h4-10,14H,11-13H2,1-3H3,(H2,21,22,23). The highest BCUT2D eigenvalue weighted by atomic mass is 32.1. The number of benzene rings is 2. The summed E-state index contributed by atoms with van der Waals surface area (Å²) >= 11 is 1.65. The third-order valence-corrected chi connectivity index (χ3v) is 5.21. The van der Waals surface area contributed by atoms with Crippen molar-refractivity contribution in [2.75, 3.05) is 32.6 Å². The molecule has 1 heterocycles. The van der Waals surface area contributed by atoms with Crippen molar-refractivity contribution in [3.63, 3.8) is 0 Å². The number of thiazole rings is 1. The van der Waals surface area contributed by atoms with Crippen LogP contribution in [-0.4, -0.2) is 38.6 Å². The lowest BCUT2D eigenvalue weighted by Crippen LogP contribution is -2.37. The molecule has 136 valence electrons. The Balaban J connectivity index is 1.52. The van der Waals surface area contributed by atoms with Crippen LogP contribution in [0.2, 0.25) is 0 Å². The van der Waals surface area contributed by atoms with E-state index in [9.17, 15) is 0 Å². The molecule has 0 bridgehead atoms. The Labute approximate surface area is 158 Å². The van der Waals surface area contributed by atoms with Gasteiger partial charge in [0.05, 0.1) is 12.2 Å². The first kappa shape index (κ1) is 18.2. The number of anilines is 1. The molecule has 0 spiro atoms. The van der Waals surface area contributed by atoms with Crippen LogP contribution >= 0.6 is 11.3 Å². The highest BCUT2D eigenvalue weighted by Gasteiger charge is 2.05. The fourth-order valence-corrected chi connectivity index (χ4v) is 3.56. The maximum atomic E-state index is 4.58. The summed E-state index contributed by atoms with van der Waals surface area (Å²) in [5.41, 5.74) is 2.37. The second-order valence-corrected chi connectivity index (χ2v) is 7.09. The summed E-state index contributed by atoms with van der Waals surface area (Å²) in [5, 5.41) is 12.4. The number of aliphatic imine (C=N–C) groups is 1. The lowest BCUT2D eigenvalue weighted by atomic mass is 10.0. The lowest BCUT2D eigenvalue weighted by molar-refractivity contribution is 0.787. The number of hydrogen-bond acceptors (Lipinski definition) is 4. The second kappa shape index (κ2) is 8.67. The summed E-state index contributed by atoms with van der Waals surface area (Å²) in [7, 11) is 5.80. The van der Waals surface area contributed by atoms with Crippen molar-refractivity contribution in [3.8, 4) is 0 Å². The van der Waals surface area contributed by atoms with Crippen LogP contribution < -0.4 is 15.5 Å². The van der Waals surface area contributed by atoms with E-state index in [-0.39, 0.29) is 0 Å². The van der Waals surface area contributed by atoms with Gasteiger partial charge in [-0.05, 0) is 22.8 Å². The van der Waals surface area contributed by atoms with Gasteiger partial charge in [-0.1, -0.05) is 42.5 Å². The van der Waals surface area contributed by atoms with Crippen molar-refractivity contribution in [1.29, 1.82) is 0 Å². The quantitative estimate of drug-likeness (QED) is 0.519. The molecule has 0 atom stereocenters. The number of hydrogen-bond donors (Lipinski definition) is 2. The first-order chi connectivity index (χ1) is 12.7. The molecule has 1 aromatic heterocycles. The van der Waals surface area contributed by atoms with E-state index in [1.807, 2.05) is 19.0 Å². The van der Waals surface area contributed by atoms with Gasteiger partial charge >= 0.3 is 0 Å². The van der Waals surface area contributed by atoms with Gasteiger partial charge in [-0.25, -0.2) is 4.98 Å². The van der Waals surface area contributed by atoms with Crippen molar-refractivity contribution >= 4 is 33.2 Å². The van der Waals surface area contributed by atoms with Crippen LogP contribution in [0.3, 0.4) is 0 Å². The van der Waals surface area contributed by atoms with Crippen molar-refractivity contribution in [2.24, 2.45) is 4.99 Å². The molecule has 3 aromatic rings. The van der Waals surface area contributed by atoms with Crippen LogP contribution in [0, 0.1) is 0 Å². The Morgan fingerprint density at radius 1 is 1.12 bits per heavy atom. The normalized spacial score (nSPS) is 11.6. The maximum absolute atomic E-state index is 4.58. The minimum absolute atomic E-state index is 0.665. The molecule has 5 nitrogen and oxygen atoms in total. The fraction of sp³-hybridized carbons (Fsp3) is 0.300. The van der Waals surface area contributed by atoms with E-state index in [4.69, 9.17) is 0 Å². The van der Waals surface area contributed by atoms with E-state index < -0.39 is 0 Å². The molecule has 0 saturated carbocycles. The number of rotatable bonds is 6. The summed E-state index contributed by atoms with van der Waals surface area (Å²) in [6, 6.07) is 15.0. The molecule has 0 aliphatic rings. The SMILES string of the molecule is CN=C(NCCc1cccc2ccccc12)NCc1csc(N(C)C)n1. The number of fused-ring (bicyclic) bond motifs is 1. The second-order valence-electron chi connectivity index (χ2n) is 6.26. The summed E-state index contributed by atoms with van der Waals surface area (Å²) in [5.74, 6) is 0.796. The average molecular weight is 368 g/mol. The van der Waals surface area contributed by atoms with Gasteiger partial charge in [-0.3, -0.25) is 4.99 Å². The highest BCUT2D eigenvalue weighted by Crippen LogP contribution is 2.19. The van der Waals surface area contributed by atoms with Crippen LogP contribution in [-0.2, 0) is 13.0 Å². The molecule has 3 rings (SSSR count). The average Bonchev–Trinajstić information content (AvgIpc) is 3.14. The van der Waals surface area contributed by atoms with Crippen LogP contribution in [0.5, 0.6) is 0 Å². The molecule has 0 aliphatic heterocycles. The smallest absolute Gasteiger partial charge is 0.191 e. The summed E-state index contributed by atoms with van der Waals surface area (Å²) < 4.78 is 0. The Morgan fingerprint density at radius 3 is 2.69 bits per heavy atom. The topological polar surface area (TPSA) is 52.6 Å². The monoisotopic (exact) mass is 367 g/mol. The van der Waals surface area contributed by atoms with E-state index >= 15 is 0 Å². The fourth-order valence-electron chi connectivity index (χ4n) is 2.80. The molecule has 0 amide bonds. The van der Waals surface area contributed by atoms with Gasteiger partial charge in [0.25, 0.3) is 0 Å². The summed E-state index contributed by atoms with van der Waals surface area (Å²) in [6.45, 7) is 1.49. The van der Waals surface area contributed by atoms with Gasteiger partial charge in [-0.2, -0.15) is 0 Å². The third-order valence-electron chi connectivity index (χ3n) is 4.15. The van der Waals surface area contributed by atoms with Gasteiger partial charge in [0, 0.05) is 33.1 Å². The molecule has 26 heavy (non-hydrogen) atoms. The van der Waals surface area contributed by atoms with E-state index in [0.29, 0.717) is 6.54 Å². The Hall–Kier alpha value is -2.60. The molecule has 6 heteroatoms. The highest BCUT2D eigenvalue weighted by molar-refractivity contribution is 7.13. The number of nitrogens with zero attached hydrogens (tertiary/aromatic N) is 3. The zero-order chi connectivity index (χ0) is 18.4. The van der Waals surface area contributed by atoms with Crippen molar-refractivity contribution in [2.45, 2.75) is 13.0 Å². The Morgan fingerprint density at radius 2 is 1.92 bits per heavy atom. The molecular formula is C20H25N5S. The summed E-state index contributed by atoms with van der Waals surface area (Å²) in [6.07, 6.45) is 0.948. The molecule has 0 radical (unpaired) electrons. The van der Waals surface area contributed by atoms with Gasteiger partial charge in [0.1, 0.15) is 0 Å². The van der Waals surface area contributed by atoms with Gasteiger partial charge in [0.2, 0.25) is 0 Å². The first-order valence-electron chi connectivity index (χ1n) is 8.70. The van der Waals surface area contributed by atoms with Crippen LogP contribution in [0.15, 0.2) is 52.8 Å². The Bertz CT molecular complexity index is 879. The minimum atomic E-state index is 0.665. The van der Waals surface area contributed by atoms with E-state index in [1.54, 1.807) is 18.4 Å². The van der Waals surface area contributed by atoms with Gasteiger partial charge in [0.15, 0.2) is 11.1 Å². The van der Waals surface area contributed by atoms with Crippen molar-refractivity contribution in [3.05, 3.63) is 59.1 Å². The van der Waals surface area contributed by atoms with E-state index in [1.165, 1.54) is 16.3 Å². The zero-order valence-electron chi connectivity index (χ0n) is 15.5. The van der Waals surface area contributed by atoms with Crippen LogP contribution in [0.1, 0.15) is 11.3 Å². The largest absolute Gasteiger partial charge is 0.356 e. The predicted molar refractivity (Wildman–Crippen MR) is 112 cm³/mol. The molecule has 0 fully saturated rings. The zero-order valence-corrected chi connectivity index (χ0v) is 16.3. The molecule has 2 aromatic carbocycles. The molecule has 0 unspecified atom stereocenters. The van der Waals surface area contributed by atoms with Gasteiger partial charge in [-0.15, -0.1) is 11.3 Å². The number of aromatic nitrogens is 1. The predicted octanol–water partition coefficient (Wildman–Crippen LogP) is 3.27. The van der Waals surface area contributed by atoms with Crippen molar-refractivity contribution < 1.29 is 0 Å². The number of guanidine groups is 1. The first-order valence-corrected chi connectivity index (χ1v) is 9.58. The molecular weight excluding hydrogens is 342 g/mol. The maximum Gasteiger partial charge on any atom is 0.191 e. The van der Waals surface area contributed by atoms with E-state index in [2.05, 4.69) is 68.5 Å². The third kappa shape index (κ3) is 4.52. The van der Waals surface area contributed by atoms with Gasteiger partial charge < -0.3 is 15.5 Å². The molecule has 2 N–H and O–H groups in total. The minimum Gasteiger partial charge on any atom is -0.356 e. The molecule has 0 aliphatic carbocycles. The van der Waals surface area contributed by atoms with Crippen molar-refractivity contribution in [1.82, 2.24) is 15.6 Å². The lowest BCUT2D eigenvalue weighted by Gasteiger charge is -2.12. The molecule has 0 saturated heterocycles.